The predicted molar refractivity (Wildman–Crippen MR) is 49.4 cm³/mol. The van der Waals surface area contributed by atoms with Crippen molar-refractivity contribution in [2.45, 2.75) is 25.7 Å². The van der Waals surface area contributed by atoms with Gasteiger partial charge >= 0.3 is 25.4 Å². The van der Waals surface area contributed by atoms with E-state index in [0.717, 1.165) is 12.8 Å². The quantitative estimate of drug-likeness (QED) is 0.255. The van der Waals surface area contributed by atoms with Crippen molar-refractivity contribution in [3.05, 3.63) is 0 Å². The minimum absolute atomic E-state index is 0. The Bertz CT molecular complexity index is 98.4. The number of hydrogen-bond acceptors (Lipinski definition) is 2. The van der Waals surface area contributed by atoms with Crippen molar-refractivity contribution >= 4 is 28.6 Å². The van der Waals surface area contributed by atoms with Gasteiger partial charge in [0.2, 0.25) is 0 Å². The average molecular weight is 321 g/mol. The summed E-state index contributed by atoms with van der Waals surface area (Å²) in [5, 5.41) is 0. The summed E-state index contributed by atoms with van der Waals surface area (Å²) in [7, 11) is 1.43. The van der Waals surface area contributed by atoms with Gasteiger partial charge in [0.15, 0.2) is 0 Å². The topological polar surface area (TPSA) is 26.3 Å². The fourth-order valence-electron chi connectivity index (χ4n) is 0.643. The third-order valence-corrected chi connectivity index (χ3v) is 2.00. The first-order valence-corrected chi connectivity index (χ1v) is 4.96. The van der Waals surface area contributed by atoms with Gasteiger partial charge in [-0.25, -0.2) is 0 Å². The zero-order valence-corrected chi connectivity index (χ0v) is 12.1. The van der Waals surface area contributed by atoms with Crippen molar-refractivity contribution in [2.75, 3.05) is 11.5 Å². The number of halogens is 1. The van der Waals surface area contributed by atoms with Gasteiger partial charge in [0.25, 0.3) is 0 Å². The number of rotatable bonds is 5. The largest absolute Gasteiger partial charge is 2.00 e. The summed E-state index contributed by atoms with van der Waals surface area (Å²) in [4.78, 5) is 10.6. The molecule has 0 aromatic carbocycles. The van der Waals surface area contributed by atoms with Gasteiger partial charge in [-0.15, -0.1) is 0 Å². The molecule has 0 spiro atoms. The number of esters is 1. The zero-order valence-electron chi connectivity index (χ0n) is 6.94. The van der Waals surface area contributed by atoms with Gasteiger partial charge in [-0.05, 0) is 17.3 Å². The monoisotopic (exact) mass is 320 g/mol. The number of alkyl halides is 1. The normalized spacial score (nSPS) is 8.55. The Labute approximate surface area is 94.3 Å². The maximum atomic E-state index is 10.6. The van der Waals surface area contributed by atoms with Crippen LogP contribution in [0, 0.1) is 0 Å². The molecule has 0 atom stereocenters. The Morgan fingerprint density at radius 3 is 2.45 bits per heavy atom. The second-order valence-electron chi connectivity index (χ2n) is 2.08. The van der Waals surface area contributed by atoms with Gasteiger partial charge in [-0.2, -0.15) is 0 Å². The molecule has 0 aliphatic rings. The molecular weight excluding hydrogens is 308 g/mol. The van der Waals surface area contributed by atoms with E-state index < -0.39 is 0 Å². The van der Waals surface area contributed by atoms with Crippen LogP contribution >= 0.6 is 22.6 Å². The first kappa shape index (κ1) is 14.4. The first-order chi connectivity index (χ1) is 4.81. The molecule has 0 aliphatic heterocycles. The van der Waals surface area contributed by atoms with Crippen molar-refractivity contribution in [2.24, 2.45) is 0 Å². The molecule has 0 saturated heterocycles. The van der Waals surface area contributed by atoms with E-state index in [0.29, 0.717) is 6.42 Å². The van der Waals surface area contributed by atoms with E-state index in [9.17, 15) is 4.79 Å². The molecule has 0 N–H and O–H groups in total. The van der Waals surface area contributed by atoms with Crippen LogP contribution in [0.2, 0.25) is 0 Å². The van der Waals surface area contributed by atoms with Crippen LogP contribution < -0.4 is 0 Å². The van der Waals surface area contributed by atoms with Gasteiger partial charge in [-0.1, -0.05) is 29.0 Å². The molecule has 0 unspecified atom stereocenters. The van der Waals surface area contributed by atoms with E-state index >= 15 is 0 Å². The fraction of sp³-hybridized carbons (Fsp3) is 0.857. The summed E-state index contributed by atoms with van der Waals surface area (Å²) in [5.74, 6) is -0.0894. The third kappa shape index (κ3) is 10.8. The molecular formula is C7H13IO2Zn+2. The Balaban J connectivity index is 0. The minimum Gasteiger partial charge on any atom is -0.469 e. The number of carbonyl (C=O) groups is 1. The van der Waals surface area contributed by atoms with Crippen LogP contribution in [-0.4, -0.2) is 17.5 Å². The van der Waals surface area contributed by atoms with Crippen molar-refractivity contribution in [1.82, 2.24) is 0 Å². The van der Waals surface area contributed by atoms with Crippen molar-refractivity contribution in [3.63, 3.8) is 0 Å². The molecule has 2 nitrogen and oxygen atoms in total. The van der Waals surface area contributed by atoms with Crippen molar-refractivity contribution < 1.29 is 29.0 Å². The van der Waals surface area contributed by atoms with Gasteiger partial charge in [0.1, 0.15) is 0 Å². The molecule has 11 heavy (non-hydrogen) atoms. The van der Waals surface area contributed by atoms with Crippen LogP contribution in [-0.2, 0) is 29.0 Å². The molecule has 0 fully saturated rings. The Kier molecular flexibility index (Phi) is 14.1. The fourth-order valence-corrected chi connectivity index (χ4v) is 1.18. The van der Waals surface area contributed by atoms with E-state index in [-0.39, 0.29) is 25.4 Å². The number of ether oxygens (including phenoxy) is 1. The first-order valence-electron chi connectivity index (χ1n) is 3.44. The predicted octanol–water partition coefficient (Wildman–Crippen LogP) is 2.15. The van der Waals surface area contributed by atoms with E-state index in [1.165, 1.54) is 18.0 Å². The maximum absolute atomic E-state index is 10.6. The van der Waals surface area contributed by atoms with E-state index in [1.807, 2.05) is 0 Å². The van der Waals surface area contributed by atoms with E-state index in [1.54, 1.807) is 0 Å². The summed E-state index contributed by atoms with van der Waals surface area (Å²) >= 11 is 2.34. The van der Waals surface area contributed by atoms with Crippen molar-refractivity contribution in [3.8, 4) is 0 Å². The van der Waals surface area contributed by atoms with Crippen LogP contribution in [0.4, 0.5) is 0 Å². The molecule has 0 amide bonds. The number of methoxy groups -OCH3 is 1. The molecule has 4 heteroatoms. The third-order valence-electron chi connectivity index (χ3n) is 1.24. The maximum Gasteiger partial charge on any atom is 2.00 e. The molecule has 0 aromatic heterocycles. The van der Waals surface area contributed by atoms with Crippen LogP contribution in [0.15, 0.2) is 0 Å². The molecule has 0 saturated carbocycles. The minimum atomic E-state index is -0.0894. The van der Waals surface area contributed by atoms with E-state index in [4.69, 9.17) is 0 Å². The summed E-state index contributed by atoms with van der Waals surface area (Å²) in [5.41, 5.74) is 0. The van der Waals surface area contributed by atoms with Gasteiger partial charge in [0, 0.05) is 6.42 Å². The Morgan fingerprint density at radius 1 is 1.36 bits per heavy atom. The molecule has 0 rings (SSSR count). The molecule has 0 bridgehead atoms. The summed E-state index contributed by atoms with van der Waals surface area (Å²) in [6.45, 7) is 0. The summed E-state index contributed by atoms with van der Waals surface area (Å²) in [6, 6.07) is 0. The summed E-state index contributed by atoms with van der Waals surface area (Å²) < 4.78 is 5.67. The molecule has 0 aliphatic carbocycles. The molecule has 0 aromatic rings. The van der Waals surface area contributed by atoms with Gasteiger partial charge < -0.3 is 4.74 Å². The zero-order chi connectivity index (χ0) is 7.82. The second kappa shape index (κ2) is 10.8. The molecule has 60 valence electrons. The van der Waals surface area contributed by atoms with Gasteiger partial charge in [-0.3, -0.25) is 4.79 Å². The smallest absolute Gasteiger partial charge is 0.469 e. The number of hydrogen-bond donors (Lipinski definition) is 0. The SMILES string of the molecule is COC(=O)CCCCCI.[Zn+2]. The number of carbonyl (C=O) groups excluding carboxylic acids is 1. The van der Waals surface area contributed by atoms with Crippen LogP contribution in [0.5, 0.6) is 0 Å². The number of unbranched alkanes of at least 4 members (excludes halogenated alkanes) is 2. The summed E-state index contributed by atoms with van der Waals surface area (Å²) in [6.07, 6.45) is 3.89. The van der Waals surface area contributed by atoms with Crippen LogP contribution in [0.1, 0.15) is 25.7 Å². The van der Waals surface area contributed by atoms with E-state index in [2.05, 4.69) is 27.3 Å². The van der Waals surface area contributed by atoms with Crippen LogP contribution in [0.3, 0.4) is 0 Å². The van der Waals surface area contributed by atoms with Crippen molar-refractivity contribution in [1.29, 1.82) is 0 Å². The molecule has 0 heterocycles. The Hall–Kier alpha value is 0.823. The van der Waals surface area contributed by atoms with Gasteiger partial charge in [0.05, 0.1) is 7.11 Å². The average Bonchev–Trinajstić information content (AvgIpc) is 1.98. The van der Waals surface area contributed by atoms with Crippen LogP contribution in [0.25, 0.3) is 0 Å². The standard InChI is InChI=1S/C7H13IO2.Zn/c1-10-7(9)5-3-2-4-6-8;/h2-6H2,1H3;/q;+2. The second-order valence-corrected chi connectivity index (χ2v) is 3.15. The Morgan fingerprint density at radius 2 is 2.00 bits per heavy atom. The molecule has 0 radical (unpaired) electrons.